The van der Waals surface area contributed by atoms with E-state index in [2.05, 4.69) is 21.4 Å². The monoisotopic (exact) mass is 405 g/mol. The van der Waals surface area contributed by atoms with E-state index in [9.17, 15) is 9.59 Å². The first-order chi connectivity index (χ1) is 14.4. The van der Waals surface area contributed by atoms with Crippen LogP contribution in [-0.2, 0) is 4.79 Å². The standard InChI is InChI=1S/C21H23N7O2/c1-3-17(29)26-7-9-27(10-8-26)20-14-11-13(2)28(21(30)18(14)24-12-25-20)19-15(22)5-4-6-16(19)23/h3-6,11-12H,1,7-10,22-23H2,2H3. The number of hydrogen-bond acceptors (Lipinski definition) is 7. The topological polar surface area (TPSA) is 123 Å². The second-order valence-electron chi connectivity index (χ2n) is 7.19. The molecule has 3 aromatic rings. The first-order valence-corrected chi connectivity index (χ1v) is 9.60. The van der Waals surface area contributed by atoms with Crippen LogP contribution in [0.4, 0.5) is 17.2 Å². The average Bonchev–Trinajstić information content (AvgIpc) is 2.75. The molecule has 3 heterocycles. The number of aromatic nitrogens is 3. The number of fused-ring (bicyclic) bond motifs is 1. The van der Waals surface area contributed by atoms with Crippen molar-refractivity contribution in [2.45, 2.75) is 6.92 Å². The van der Waals surface area contributed by atoms with Crippen LogP contribution >= 0.6 is 0 Å². The molecular weight excluding hydrogens is 382 g/mol. The fourth-order valence-electron chi connectivity index (χ4n) is 3.86. The smallest absolute Gasteiger partial charge is 0.282 e. The van der Waals surface area contributed by atoms with Crippen molar-refractivity contribution >= 4 is 34.0 Å². The van der Waals surface area contributed by atoms with E-state index in [0.717, 1.165) is 0 Å². The van der Waals surface area contributed by atoms with Crippen LogP contribution in [0.1, 0.15) is 5.69 Å². The largest absolute Gasteiger partial charge is 0.397 e. The Morgan fingerprint density at radius 1 is 1.13 bits per heavy atom. The number of benzene rings is 1. The van der Waals surface area contributed by atoms with Crippen molar-refractivity contribution in [2.24, 2.45) is 0 Å². The van der Waals surface area contributed by atoms with Crippen LogP contribution in [0, 0.1) is 6.92 Å². The number of amides is 1. The predicted octanol–water partition coefficient (Wildman–Crippen LogP) is 1.09. The Kier molecular flexibility index (Phi) is 4.86. The Labute approximate surface area is 173 Å². The molecule has 4 N–H and O–H groups in total. The molecule has 2 aromatic heterocycles. The molecule has 4 rings (SSSR count). The van der Waals surface area contributed by atoms with Crippen molar-refractivity contribution in [1.29, 1.82) is 0 Å². The van der Waals surface area contributed by atoms with Gasteiger partial charge < -0.3 is 21.3 Å². The molecule has 0 bridgehead atoms. The molecule has 1 saturated heterocycles. The second-order valence-corrected chi connectivity index (χ2v) is 7.19. The van der Waals surface area contributed by atoms with E-state index >= 15 is 0 Å². The molecule has 0 saturated carbocycles. The number of aryl methyl sites for hydroxylation is 1. The van der Waals surface area contributed by atoms with Gasteiger partial charge in [0.2, 0.25) is 5.91 Å². The Bertz CT molecular complexity index is 1190. The maximum absolute atomic E-state index is 13.3. The molecule has 1 amide bonds. The fraction of sp³-hybridized carbons (Fsp3) is 0.238. The minimum Gasteiger partial charge on any atom is -0.397 e. The zero-order valence-electron chi connectivity index (χ0n) is 16.7. The first kappa shape index (κ1) is 19.4. The molecule has 1 aromatic carbocycles. The van der Waals surface area contributed by atoms with Crippen LogP contribution in [0.5, 0.6) is 0 Å². The highest BCUT2D eigenvalue weighted by molar-refractivity contribution is 5.90. The second kappa shape index (κ2) is 7.51. The third-order valence-corrected chi connectivity index (χ3v) is 5.36. The van der Waals surface area contributed by atoms with Crippen LogP contribution < -0.4 is 21.9 Å². The Morgan fingerprint density at radius 2 is 1.80 bits per heavy atom. The summed E-state index contributed by atoms with van der Waals surface area (Å²) >= 11 is 0. The van der Waals surface area contributed by atoms with E-state index in [1.807, 2.05) is 13.0 Å². The van der Waals surface area contributed by atoms with E-state index in [0.29, 0.717) is 60.1 Å². The molecule has 9 heteroatoms. The summed E-state index contributed by atoms with van der Waals surface area (Å²) in [6, 6.07) is 7.03. The van der Waals surface area contributed by atoms with Crippen LogP contribution in [0.3, 0.4) is 0 Å². The maximum atomic E-state index is 13.3. The van der Waals surface area contributed by atoms with Crippen molar-refractivity contribution in [1.82, 2.24) is 19.4 Å². The van der Waals surface area contributed by atoms with Gasteiger partial charge in [0, 0.05) is 31.9 Å². The minimum absolute atomic E-state index is 0.0843. The van der Waals surface area contributed by atoms with Gasteiger partial charge in [-0.15, -0.1) is 0 Å². The van der Waals surface area contributed by atoms with E-state index < -0.39 is 0 Å². The van der Waals surface area contributed by atoms with Gasteiger partial charge in [0.05, 0.1) is 22.4 Å². The number of rotatable bonds is 3. The zero-order valence-corrected chi connectivity index (χ0v) is 16.7. The number of hydrogen-bond donors (Lipinski definition) is 2. The minimum atomic E-state index is -0.307. The Balaban J connectivity index is 1.80. The number of carbonyl (C=O) groups excluding carboxylic acids is 1. The highest BCUT2D eigenvalue weighted by atomic mass is 16.2. The van der Waals surface area contributed by atoms with Crippen molar-refractivity contribution < 1.29 is 4.79 Å². The normalized spacial score (nSPS) is 14.2. The molecule has 0 aliphatic carbocycles. The molecule has 1 aliphatic rings. The molecule has 1 fully saturated rings. The first-order valence-electron chi connectivity index (χ1n) is 9.60. The van der Waals surface area contributed by atoms with Crippen LogP contribution in [-0.4, -0.2) is 51.5 Å². The van der Waals surface area contributed by atoms with E-state index in [-0.39, 0.29) is 17.0 Å². The molecule has 0 radical (unpaired) electrons. The fourth-order valence-corrected chi connectivity index (χ4v) is 3.86. The van der Waals surface area contributed by atoms with Gasteiger partial charge in [0.15, 0.2) is 0 Å². The van der Waals surface area contributed by atoms with Crippen molar-refractivity contribution in [3.05, 3.63) is 59.3 Å². The van der Waals surface area contributed by atoms with Gasteiger partial charge in [0.25, 0.3) is 5.56 Å². The van der Waals surface area contributed by atoms with Crippen molar-refractivity contribution in [2.75, 3.05) is 42.5 Å². The average molecular weight is 405 g/mol. The highest BCUT2D eigenvalue weighted by Crippen LogP contribution is 2.28. The number of anilines is 3. The quantitative estimate of drug-likeness (QED) is 0.494. The summed E-state index contributed by atoms with van der Waals surface area (Å²) in [5, 5.41) is 0.660. The SMILES string of the molecule is C=CC(=O)N1CCN(c2ncnc3c(=O)n(-c4c(N)cccc4N)c(C)cc23)CC1. The third-order valence-electron chi connectivity index (χ3n) is 5.36. The van der Waals surface area contributed by atoms with Gasteiger partial charge in [-0.2, -0.15) is 0 Å². The van der Waals surface area contributed by atoms with E-state index in [4.69, 9.17) is 11.5 Å². The molecule has 1 aliphatic heterocycles. The number of piperazine rings is 1. The summed E-state index contributed by atoms with van der Waals surface area (Å²) in [6.07, 6.45) is 2.71. The van der Waals surface area contributed by atoms with Gasteiger partial charge in [-0.25, -0.2) is 9.97 Å². The van der Waals surface area contributed by atoms with Crippen LogP contribution in [0.25, 0.3) is 16.6 Å². The number of pyridine rings is 1. The molecule has 0 spiro atoms. The van der Waals surface area contributed by atoms with Gasteiger partial charge >= 0.3 is 0 Å². The molecule has 30 heavy (non-hydrogen) atoms. The van der Waals surface area contributed by atoms with E-state index in [1.54, 1.807) is 23.1 Å². The number of carbonyl (C=O) groups is 1. The number of nitrogens with two attached hydrogens (primary N) is 2. The Morgan fingerprint density at radius 3 is 2.43 bits per heavy atom. The summed E-state index contributed by atoms with van der Waals surface area (Å²) in [4.78, 5) is 37.7. The van der Waals surface area contributed by atoms with Gasteiger partial charge in [0.1, 0.15) is 17.7 Å². The number of para-hydroxylation sites is 1. The van der Waals surface area contributed by atoms with Gasteiger partial charge in [-0.3, -0.25) is 14.2 Å². The number of nitrogen functional groups attached to an aromatic ring is 2. The van der Waals surface area contributed by atoms with Crippen LogP contribution in [0.2, 0.25) is 0 Å². The zero-order chi connectivity index (χ0) is 21.4. The summed E-state index contributed by atoms with van der Waals surface area (Å²) < 4.78 is 1.49. The highest BCUT2D eigenvalue weighted by Gasteiger charge is 2.23. The summed E-state index contributed by atoms with van der Waals surface area (Å²) in [7, 11) is 0. The lowest BCUT2D eigenvalue weighted by atomic mass is 10.1. The molecule has 0 atom stereocenters. The van der Waals surface area contributed by atoms with Crippen molar-refractivity contribution in [3.8, 4) is 5.69 Å². The summed E-state index contributed by atoms with van der Waals surface area (Å²) in [6.45, 7) is 7.69. The predicted molar refractivity (Wildman–Crippen MR) is 118 cm³/mol. The van der Waals surface area contributed by atoms with Crippen molar-refractivity contribution in [3.63, 3.8) is 0 Å². The Hall–Kier alpha value is -3.88. The molecule has 9 nitrogen and oxygen atoms in total. The number of nitrogens with zero attached hydrogens (tertiary/aromatic N) is 5. The maximum Gasteiger partial charge on any atom is 0.282 e. The molecular formula is C21H23N7O2. The third kappa shape index (κ3) is 3.14. The van der Waals surface area contributed by atoms with Gasteiger partial charge in [-0.1, -0.05) is 12.6 Å². The van der Waals surface area contributed by atoms with Gasteiger partial charge in [-0.05, 0) is 31.2 Å². The summed E-state index contributed by atoms with van der Waals surface area (Å²) in [5.41, 5.74) is 14.2. The lowest BCUT2D eigenvalue weighted by Crippen LogP contribution is -2.48. The summed E-state index contributed by atoms with van der Waals surface area (Å²) in [5.74, 6) is 0.589. The van der Waals surface area contributed by atoms with Crippen LogP contribution in [0.15, 0.2) is 48.0 Å². The molecule has 0 unspecified atom stereocenters. The molecule has 154 valence electrons. The van der Waals surface area contributed by atoms with E-state index in [1.165, 1.54) is 17.0 Å². The lowest BCUT2D eigenvalue weighted by Gasteiger charge is -2.35. The lowest BCUT2D eigenvalue weighted by molar-refractivity contribution is -0.126.